The third kappa shape index (κ3) is 5.98. The van der Waals surface area contributed by atoms with E-state index >= 15 is 0 Å². The van der Waals surface area contributed by atoms with Crippen LogP contribution in [0, 0.1) is 58.7 Å². The van der Waals surface area contributed by atoms with E-state index in [0.29, 0.717) is 54.0 Å². The first-order valence-corrected chi connectivity index (χ1v) is 21.2. The molecule has 0 spiro atoms. The van der Waals surface area contributed by atoms with E-state index in [0.717, 1.165) is 70.0 Å². The summed E-state index contributed by atoms with van der Waals surface area (Å²) in [6, 6.07) is 6.51. The van der Waals surface area contributed by atoms with Crippen LogP contribution in [0.5, 0.6) is 5.75 Å². The second-order valence-electron chi connectivity index (χ2n) is 18.5. The van der Waals surface area contributed by atoms with Gasteiger partial charge in [0.05, 0.1) is 5.76 Å². The van der Waals surface area contributed by atoms with Crippen molar-refractivity contribution in [3.05, 3.63) is 52.8 Å². The Labute approximate surface area is 313 Å². The first-order chi connectivity index (χ1) is 25.1. The summed E-state index contributed by atoms with van der Waals surface area (Å²) in [5.41, 5.74) is 3.74. The number of unbranched alkanes of at least 4 members (excludes halogenated alkanes) is 3. The molecule has 0 N–H and O–H groups in total. The molecule has 0 aliphatic heterocycles. The number of esters is 2. The summed E-state index contributed by atoms with van der Waals surface area (Å²) in [5.74, 6) is 9.00. The average Bonchev–Trinajstić information content (AvgIpc) is 3.62. The molecule has 5 heteroatoms. The summed E-state index contributed by atoms with van der Waals surface area (Å²) in [4.78, 5) is 24.6. The zero-order chi connectivity index (χ0) is 36.3. The zero-order valence-corrected chi connectivity index (χ0v) is 32.4. The Kier molecular flexibility index (Phi) is 9.70. The third-order valence-corrected chi connectivity index (χ3v) is 16.1. The number of hydrogen-bond donors (Lipinski definition) is 0. The molecule has 0 bridgehead atoms. The molecule has 0 saturated heterocycles. The number of allylic oxidation sites excluding steroid dienone is 4. The number of hydrogen-bond acceptors (Lipinski definition) is 5. The maximum Gasteiger partial charge on any atom is 0.311 e. The van der Waals surface area contributed by atoms with E-state index in [1.54, 1.807) is 0 Å². The highest BCUT2D eigenvalue weighted by molar-refractivity contribution is 5.72. The number of carbonyl (C=O) groups excluding carboxylic acids is 2. The Morgan fingerprint density at radius 1 is 0.885 bits per heavy atom. The Balaban J connectivity index is 0.911. The lowest BCUT2D eigenvalue weighted by molar-refractivity contribution is -0.167. The fourth-order valence-corrected chi connectivity index (χ4v) is 13.5. The van der Waals surface area contributed by atoms with Crippen LogP contribution >= 0.6 is 0 Å². The SMILES string of the molecule is C#C[C@]1(OC(C)=O)CC[C@H]2[C@@H]3CC=C4C=C(O[C@H]5CC[C@H]6[C@@H]7CCc8cc(OC(=O)CCCCCC)ccc8[C@H]7CC[C@]56C)CC[C@@H]4[C@H]3CC[C@@]21C. The molecule has 7 aliphatic carbocycles. The van der Waals surface area contributed by atoms with Crippen LogP contribution in [0.4, 0.5) is 0 Å². The van der Waals surface area contributed by atoms with E-state index in [4.69, 9.17) is 20.6 Å². The molecule has 280 valence electrons. The summed E-state index contributed by atoms with van der Waals surface area (Å²) in [6.07, 6.45) is 30.8. The van der Waals surface area contributed by atoms with Gasteiger partial charge in [-0.2, -0.15) is 0 Å². The van der Waals surface area contributed by atoms with E-state index in [-0.39, 0.29) is 22.8 Å². The summed E-state index contributed by atoms with van der Waals surface area (Å²) < 4.78 is 18.9. The quantitative estimate of drug-likeness (QED) is 0.111. The molecule has 0 unspecified atom stereocenters. The van der Waals surface area contributed by atoms with Gasteiger partial charge in [-0.25, -0.2) is 0 Å². The van der Waals surface area contributed by atoms with Gasteiger partial charge in [-0.15, -0.1) is 6.42 Å². The van der Waals surface area contributed by atoms with Crippen LogP contribution in [0.25, 0.3) is 0 Å². The smallest absolute Gasteiger partial charge is 0.311 e. The second kappa shape index (κ2) is 14.0. The molecule has 8 rings (SSSR count). The van der Waals surface area contributed by atoms with E-state index in [1.165, 1.54) is 74.3 Å². The molecule has 4 fully saturated rings. The summed E-state index contributed by atoms with van der Waals surface area (Å²) in [5, 5.41) is 0. The van der Waals surface area contributed by atoms with Crippen LogP contribution in [0.3, 0.4) is 0 Å². The first-order valence-electron chi connectivity index (χ1n) is 21.2. The number of ether oxygens (including phenoxy) is 3. The van der Waals surface area contributed by atoms with Crippen LogP contribution in [0.2, 0.25) is 0 Å². The minimum atomic E-state index is -0.756. The predicted octanol–water partition coefficient (Wildman–Crippen LogP) is 10.8. The largest absolute Gasteiger partial charge is 0.494 e. The van der Waals surface area contributed by atoms with Crippen molar-refractivity contribution in [2.45, 2.75) is 161 Å². The van der Waals surface area contributed by atoms with Crippen LogP contribution in [-0.4, -0.2) is 23.6 Å². The molecule has 1 aromatic rings. The Bertz CT molecular complexity index is 1660. The molecule has 7 aliphatic rings. The Morgan fingerprint density at radius 3 is 2.56 bits per heavy atom. The molecule has 0 amide bonds. The molecule has 5 nitrogen and oxygen atoms in total. The molecule has 11 atom stereocenters. The molecular weight excluding hydrogens is 645 g/mol. The molecule has 52 heavy (non-hydrogen) atoms. The number of benzene rings is 1. The van der Waals surface area contributed by atoms with Crippen LogP contribution < -0.4 is 4.74 Å². The minimum absolute atomic E-state index is 0.0948. The maximum absolute atomic E-state index is 12.5. The number of terminal acetylenes is 1. The lowest BCUT2D eigenvalue weighted by Crippen LogP contribution is -2.53. The van der Waals surface area contributed by atoms with Gasteiger partial charge in [0.1, 0.15) is 11.9 Å². The van der Waals surface area contributed by atoms with Gasteiger partial charge in [0, 0.05) is 30.6 Å². The zero-order valence-electron chi connectivity index (χ0n) is 32.4. The summed E-state index contributed by atoms with van der Waals surface area (Å²) in [7, 11) is 0. The standard InChI is InChI=1S/C47H62O5/c1-6-8-9-10-11-44(49)51-34-15-19-35-32(29-34)12-16-39-37(35)22-25-45(4)41(39)20-21-43(45)50-33-14-18-36-31(28-33)13-17-40-38(36)23-26-46(5)42(40)24-27-47(46,7-2)52-30(3)48/h2,13,15,19,28-29,36-43H,6,8-12,14,16-18,20-27H2,1,3-5H3/t36-,37+,38+,39+,40+,41-,42-,43-,45-,46-,47-/m0/s1. The van der Waals surface area contributed by atoms with Crippen molar-refractivity contribution in [1.29, 1.82) is 0 Å². The summed E-state index contributed by atoms with van der Waals surface area (Å²) >= 11 is 0. The van der Waals surface area contributed by atoms with Crippen molar-refractivity contribution in [3.8, 4) is 18.1 Å². The minimum Gasteiger partial charge on any atom is -0.494 e. The normalized spacial score (nSPS) is 39.9. The average molecular weight is 707 g/mol. The van der Waals surface area contributed by atoms with Gasteiger partial charge >= 0.3 is 11.9 Å². The van der Waals surface area contributed by atoms with Gasteiger partial charge in [-0.05, 0) is 160 Å². The van der Waals surface area contributed by atoms with Crippen molar-refractivity contribution >= 4 is 11.9 Å². The van der Waals surface area contributed by atoms with Gasteiger partial charge < -0.3 is 14.2 Å². The Morgan fingerprint density at radius 2 is 1.75 bits per heavy atom. The molecule has 0 aromatic heterocycles. The second-order valence-corrected chi connectivity index (χ2v) is 18.5. The monoisotopic (exact) mass is 706 g/mol. The van der Waals surface area contributed by atoms with Crippen molar-refractivity contribution in [2.75, 3.05) is 0 Å². The fraction of sp³-hybridized carbons (Fsp3) is 0.702. The first kappa shape index (κ1) is 36.0. The molecule has 1 aromatic carbocycles. The van der Waals surface area contributed by atoms with Crippen LogP contribution in [-0.2, 0) is 25.5 Å². The number of fused-ring (bicyclic) bond motifs is 10. The molecule has 4 saturated carbocycles. The Hall–Kier alpha value is -3.00. The van der Waals surface area contributed by atoms with Crippen molar-refractivity contribution in [2.24, 2.45) is 46.3 Å². The maximum atomic E-state index is 12.5. The number of aryl methyl sites for hydroxylation is 1. The van der Waals surface area contributed by atoms with Gasteiger partial charge in [0.25, 0.3) is 0 Å². The number of carbonyl (C=O) groups is 2. The van der Waals surface area contributed by atoms with E-state index < -0.39 is 5.60 Å². The van der Waals surface area contributed by atoms with Crippen LogP contribution in [0.1, 0.15) is 154 Å². The predicted molar refractivity (Wildman–Crippen MR) is 204 cm³/mol. The van der Waals surface area contributed by atoms with Gasteiger partial charge in [-0.1, -0.05) is 58.1 Å². The van der Waals surface area contributed by atoms with E-state index in [2.05, 4.69) is 57.0 Å². The van der Waals surface area contributed by atoms with Crippen molar-refractivity contribution in [1.82, 2.24) is 0 Å². The van der Waals surface area contributed by atoms with E-state index in [9.17, 15) is 9.59 Å². The lowest BCUT2D eigenvalue weighted by Gasteiger charge is -2.54. The highest BCUT2D eigenvalue weighted by Gasteiger charge is 2.64. The summed E-state index contributed by atoms with van der Waals surface area (Å²) in [6.45, 7) is 8.56. The highest BCUT2D eigenvalue weighted by Crippen LogP contribution is 2.66. The fourth-order valence-electron chi connectivity index (χ4n) is 13.5. The van der Waals surface area contributed by atoms with Crippen molar-refractivity contribution < 1.29 is 23.8 Å². The molecular formula is C47H62O5. The highest BCUT2D eigenvalue weighted by atomic mass is 16.6. The molecule has 0 heterocycles. The third-order valence-electron chi connectivity index (χ3n) is 16.1. The van der Waals surface area contributed by atoms with Gasteiger partial charge in [0.15, 0.2) is 5.60 Å². The topological polar surface area (TPSA) is 61.8 Å². The van der Waals surface area contributed by atoms with Gasteiger partial charge in [0.2, 0.25) is 0 Å². The molecule has 0 radical (unpaired) electrons. The van der Waals surface area contributed by atoms with Crippen LogP contribution in [0.15, 0.2) is 41.7 Å². The van der Waals surface area contributed by atoms with Gasteiger partial charge in [-0.3, -0.25) is 9.59 Å². The van der Waals surface area contributed by atoms with E-state index in [1.807, 2.05) is 0 Å². The number of rotatable bonds is 9. The van der Waals surface area contributed by atoms with Crippen molar-refractivity contribution in [3.63, 3.8) is 0 Å². The lowest BCUT2D eigenvalue weighted by atomic mass is 9.51.